The molecule has 4 fully saturated rings. The molecule has 4 aliphatic carbocycles. The van der Waals surface area contributed by atoms with Crippen molar-refractivity contribution in [1.82, 2.24) is 0 Å². The summed E-state index contributed by atoms with van der Waals surface area (Å²) in [4.78, 5) is 0. The minimum absolute atomic E-state index is 0.631. The number of hydrogen-bond donors (Lipinski definition) is 0. The molecule has 0 saturated heterocycles. The van der Waals surface area contributed by atoms with E-state index in [1.807, 2.05) is 0 Å². The van der Waals surface area contributed by atoms with Gasteiger partial charge in [-0.1, -0.05) is 0 Å². The summed E-state index contributed by atoms with van der Waals surface area (Å²) in [6.07, 6.45) is 9.15. The van der Waals surface area contributed by atoms with Crippen LogP contribution in [0.3, 0.4) is 0 Å². The van der Waals surface area contributed by atoms with Gasteiger partial charge in [0.2, 0.25) is 0 Å². The van der Waals surface area contributed by atoms with Gasteiger partial charge in [0.25, 0.3) is 0 Å². The molecule has 4 rings (SSSR count). The predicted molar refractivity (Wildman–Crippen MR) is 59.7 cm³/mol. The summed E-state index contributed by atoms with van der Waals surface area (Å²) < 4.78 is 1.55. The molecule has 13 heavy (non-hydrogen) atoms. The van der Waals surface area contributed by atoms with Crippen LogP contribution in [0.4, 0.5) is 0 Å². The maximum atomic E-state index is 3.83. The van der Waals surface area contributed by atoms with Crippen LogP contribution in [0.25, 0.3) is 0 Å². The first-order valence-corrected chi connectivity index (χ1v) is 7.03. The zero-order valence-electron chi connectivity index (χ0n) is 7.97. The molecule has 0 aromatic rings. The Bertz CT molecular complexity index is 224. The third-order valence-corrected chi connectivity index (χ3v) is 6.21. The summed E-state index contributed by atoms with van der Waals surface area (Å²) in [5.41, 5.74) is 0.631. The average Bonchev–Trinajstić information content (AvgIpc) is 2.00. The number of rotatable bonds is 1. The van der Waals surface area contributed by atoms with Gasteiger partial charge in [-0.05, 0) is 0 Å². The molecule has 2 heteroatoms. The summed E-state index contributed by atoms with van der Waals surface area (Å²) in [6.45, 7) is 0. The minimum atomic E-state index is 0.631. The third kappa shape index (κ3) is 1.28. The zero-order chi connectivity index (χ0) is 9.05. The van der Waals surface area contributed by atoms with Crippen LogP contribution in [0, 0.1) is 23.2 Å². The fourth-order valence-corrected chi connectivity index (χ4v) is 5.37. The Balaban J connectivity index is 1.95. The summed E-state index contributed by atoms with van der Waals surface area (Å²) in [5, 5.41) is 0. The fraction of sp³-hybridized carbons (Fsp3) is 0.909. The molecule has 0 amide bonds. The van der Waals surface area contributed by atoms with E-state index in [9.17, 15) is 0 Å². The SMILES string of the molecule is P=[C]([Ge])C12CC3CC(CC(C3)C1)C2. The maximum absolute atomic E-state index is 3.83. The molecule has 4 aliphatic rings. The van der Waals surface area contributed by atoms with Crippen molar-refractivity contribution in [2.75, 3.05) is 0 Å². The van der Waals surface area contributed by atoms with E-state index < -0.39 is 0 Å². The second kappa shape index (κ2) is 2.86. The van der Waals surface area contributed by atoms with Gasteiger partial charge in [-0.15, -0.1) is 0 Å². The van der Waals surface area contributed by atoms with Crippen LogP contribution in [-0.4, -0.2) is 20.6 Å². The molecule has 0 aromatic heterocycles. The van der Waals surface area contributed by atoms with E-state index in [0.29, 0.717) is 5.41 Å². The molecule has 0 atom stereocenters. The van der Waals surface area contributed by atoms with Crippen LogP contribution < -0.4 is 0 Å². The van der Waals surface area contributed by atoms with Crippen LogP contribution in [-0.2, 0) is 0 Å². The first kappa shape index (κ1) is 8.98. The Kier molecular flexibility index (Phi) is 1.97. The zero-order valence-corrected chi connectivity index (χ0v) is 11.1. The van der Waals surface area contributed by atoms with Gasteiger partial charge in [0.1, 0.15) is 0 Å². The van der Waals surface area contributed by atoms with Gasteiger partial charge in [0, 0.05) is 0 Å². The average molecular weight is 252 g/mol. The molecular weight excluding hydrogens is 236 g/mol. The van der Waals surface area contributed by atoms with Gasteiger partial charge >= 0.3 is 91.2 Å². The predicted octanol–water partition coefficient (Wildman–Crippen LogP) is 2.64. The van der Waals surface area contributed by atoms with E-state index in [1.54, 1.807) is 23.4 Å². The molecule has 0 aliphatic heterocycles. The van der Waals surface area contributed by atoms with Gasteiger partial charge in [0.05, 0.1) is 0 Å². The van der Waals surface area contributed by atoms with Crippen molar-refractivity contribution in [2.45, 2.75) is 38.5 Å². The van der Waals surface area contributed by atoms with Crippen molar-refractivity contribution >= 4 is 29.5 Å². The third-order valence-electron chi connectivity index (χ3n) is 4.57. The molecule has 0 heterocycles. The number of hydrogen-bond acceptors (Lipinski definition) is 0. The Morgan fingerprint density at radius 3 is 1.69 bits per heavy atom. The normalized spacial score (nSPS) is 52.5. The standard InChI is InChI=1S/C11H16GeP/c12-10(13)11-4-7-1-8(5-11)3-9(2-7)6-11/h7-9,13H,1-6H2. The van der Waals surface area contributed by atoms with Crippen LogP contribution in [0.15, 0.2) is 0 Å². The van der Waals surface area contributed by atoms with E-state index in [2.05, 4.69) is 25.4 Å². The van der Waals surface area contributed by atoms with Crippen molar-refractivity contribution in [3.05, 3.63) is 0 Å². The van der Waals surface area contributed by atoms with Gasteiger partial charge in [-0.25, -0.2) is 0 Å². The van der Waals surface area contributed by atoms with Gasteiger partial charge < -0.3 is 0 Å². The van der Waals surface area contributed by atoms with Crippen molar-refractivity contribution in [3.8, 4) is 0 Å². The van der Waals surface area contributed by atoms with E-state index in [4.69, 9.17) is 0 Å². The fourth-order valence-electron chi connectivity index (χ4n) is 4.42. The Morgan fingerprint density at radius 1 is 1.00 bits per heavy atom. The topological polar surface area (TPSA) is 0 Å². The first-order valence-electron chi connectivity index (χ1n) is 5.48. The van der Waals surface area contributed by atoms with Crippen LogP contribution in [0.2, 0.25) is 0 Å². The van der Waals surface area contributed by atoms with E-state index >= 15 is 0 Å². The summed E-state index contributed by atoms with van der Waals surface area (Å²) in [6, 6.07) is 0. The van der Waals surface area contributed by atoms with E-state index in [0.717, 1.165) is 17.8 Å². The molecular formula is C11H16GeP. The monoisotopic (exact) mass is 253 g/mol. The van der Waals surface area contributed by atoms with Crippen molar-refractivity contribution in [3.63, 3.8) is 0 Å². The molecule has 0 nitrogen and oxygen atoms in total. The molecule has 3 radical (unpaired) electrons. The van der Waals surface area contributed by atoms with Crippen LogP contribution in [0.5, 0.6) is 0 Å². The molecule has 0 aromatic carbocycles. The quantitative estimate of drug-likeness (QED) is 0.497. The second-order valence-electron chi connectivity index (χ2n) is 5.57. The first-order chi connectivity index (χ1) is 6.18. The van der Waals surface area contributed by atoms with Crippen molar-refractivity contribution < 1.29 is 0 Å². The van der Waals surface area contributed by atoms with Gasteiger partial charge in [-0.3, -0.25) is 0 Å². The Morgan fingerprint density at radius 2 is 1.38 bits per heavy atom. The summed E-state index contributed by atoms with van der Waals surface area (Å²) in [5.74, 6) is 3.24. The van der Waals surface area contributed by atoms with E-state index in [1.165, 1.54) is 19.3 Å². The molecule has 4 saturated carbocycles. The Labute approximate surface area is 91.3 Å². The van der Waals surface area contributed by atoms with E-state index in [-0.39, 0.29) is 0 Å². The van der Waals surface area contributed by atoms with Gasteiger partial charge in [-0.2, -0.15) is 0 Å². The molecule has 69 valence electrons. The molecule has 0 spiro atoms. The molecule has 0 N–H and O–H groups in total. The van der Waals surface area contributed by atoms with Crippen molar-refractivity contribution in [2.24, 2.45) is 23.2 Å². The summed E-state index contributed by atoms with van der Waals surface area (Å²) >= 11 is 2.30. The van der Waals surface area contributed by atoms with Crippen LogP contribution in [0.1, 0.15) is 38.5 Å². The Hall–Kier alpha value is 0.713. The second-order valence-corrected chi connectivity index (χ2v) is 8.17. The molecule has 0 unspecified atom stereocenters. The van der Waals surface area contributed by atoms with Crippen molar-refractivity contribution in [1.29, 1.82) is 0 Å². The van der Waals surface area contributed by atoms with Crippen LogP contribution >= 0.6 is 8.86 Å². The van der Waals surface area contributed by atoms with Gasteiger partial charge in [0.15, 0.2) is 0 Å². The molecule has 4 bridgehead atoms. The summed E-state index contributed by atoms with van der Waals surface area (Å²) in [7, 11) is 3.83.